The van der Waals surface area contributed by atoms with Gasteiger partial charge in [0.1, 0.15) is 0 Å². The van der Waals surface area contributed by atoms with E-state index in [-0.39, 0.29) is 11.3 Å². The summed E-state index contributed by atoms with van der Waals surface area (Å²) in [6.45, 7) is 5.84. The molecule has 0 saturated heterocycles. The number of hydrogen-bond donors (Lipinski definition) is 2. The van der Waals surface area contributed by atoms with Crippen LogP contribution in [0.3, 0.4) is 0 Å². The fourth-order valence-electron chi connectivity index (χ4n) is 1.48. The molecule has 0 aliphatic rings. The summed E-state index contributed by atoms with van der Waals surface area (Å²) < 4.78 is 0. The lowest BCUT2D eigenvalue weighted by atomic mass is 9.88. The smallest absolute Gasteiger partial charge is 0.0963 e. The van der Waals surface area contributed by atoms with Crippen molar-refractivity contribution in [2.24, 2.45) is 11.1 Å². The maximum Gasteiger partial charge on any atom is 0.0963 e. The Balaban J connectivity index is 2.41. The van der Waals surface area contributed by atoms with Gasteiger partial charge in [-0.05, 0) is 37.7 Å². The summed E-state index contributed by atoms with van der Waals surface area (Å²) in [7, 11) is 2.08. The highest BCUT2D eigenvalue weighted by atomic mass is 15.1. The van der Waals surface area contributed by atoms with Crippen LogP contribution in [0.25, 0.3) is 0 Å². The molecule has 0 unspecified atom stereocenters. The first-order chi connectivity index (χ1) is 7.92. The second-order valence-corrected chi connectivity index (χ2v) is 5.14. The van der Waals surface area contributed by atoms with Crippen LogP contribution < -0.4 is 5.73 Å². The third-order valence-electron chi connectivity index (χ3n) is 3.05. The van der Waals surface area contributed by atoms with Crippen molar-refractivity contribution in [3.05, 3.63) is 30.1 Å². The predicted molar refractivity (Wildman–Crippen MR) is 70.9 cm³/mol. The number of amidine groups is 1. The van der Waals surface area contributed by atoms with Gasteiger partial charge in [0.05, 0.1) is 5.84 Å². The summed E-state index contributed by atoms with van der Waals surface area (Å²) in [5.74, 6) is 0.259. The predicted octanol–water partition coefficient (Wildman–Crippen LogP) is 1.87. The molecule has 17 heavy (non-hydrogen) atoms. The summed E-state index contributed by atoms with van der Waals surface area (Å²) in [6.07, 6.45) is 4.51. The molecule has 0 spiro atoms. The Hall–Kier alpha value is -1.42. The van der Waals surface area contributed by atoms with Gasteiger partial charge in [-0.15, -0.1) is 0 Å². The number of pyridine rings is 1. The van der Waals surface area contributed by atoms with Crippen molar-refractivity contribution in [1.82, 2.24) is 9.88 Å². The molecule has 1 aromatic rings. The second-order valence-electron chi connectivity index (χ2n) is 5.14. The quantitative estimate of drug-likeness (QED) is 0.583. The van der Waals surface area contributed by atoms with Gasteiger partial charge in [-0.2, -0.15) is 0 Å². The lowest BCUT2D eigenvalue weighted by molar-refractivity contribution is 0.284. The van der Waals surface area contributed by atoms with E-state index in [0.29, 0.717) is 0 Å². The van der Waals surface area contributed by atoms with Crippen LogP contribution in [-0.4, -0.2) is 29.3 Å². The van der Waals surface area contributed by atoms with Gasteiger partial charge in [0.25, 0.3) is 0 Å². The Labute approximate surface area is 103 Å². The summed E-state index contributed by atoms with van der Waals surface area (Å²) in [6, 6.07) is 4.04. The molecular formula is C13H22N4. The fraction of sp³-hybridized carbons (Fsp3) is 0.538. The zero-order chi connectivity index (χ0) is 12.9. The molecule has 0 bridgehead atoms. The third-order valence-corrected chi connectivity index (χ3v) is 3.05. The molecule has 0 amide bonds. The molecule has 4 nitrogen and oxygen atoms in total. The van der Waals surface area contributed by atoms with Gasteiger partial charge in [0.15, 0.2) is 0 Å². The maximum atomic E-state index is 7.51. The molecule has 0 fully saturated rings. The largest absolute Gasteiger partial charge is 0.387 e. The minimum Gasteiger partial charge on any atom is -0.387 e. The zero-order valence-electron chi connectivity index (χ0n) is 10.9. The van der Waals surface area contributed by atoms with Gasteiger partial charge >= 0.3 is 0 Å². The molecule has 4 heteroatoms. The normalized spacial score (nSPS) is 11.8. The van der Waals surface area contributed by atoms with Crippen LogP contribution in [-0.2, 0) is 6.54 Å². The molecule has 0 radical (unpaired) electrons. The molecular weight excluding hydrogens is 212 g/mol. The Morgan fingerprint density at radius 3 is 2.53 bits per heavy atom. The van der Waals surface area contributed by atoms with Gasteiger partial charge in [0, 0.05) is 24.4 Å². The highest BCUT2D eigenvalue weighted by Crippen LogP contribution is 2.20. The molecule has 1 aromatic heterocycles. The standard InChI is InChI=1S/C13H22N4/c1-13(2,12(14)15)6-9-17(3)10-11-4-7-16-8-5-11/h4-5,7-8H,6,9-10H2,1-3H3,(H3,14,15). The molecule has 94 valence electrons. The average molecular weight is 234 g/mol. The summed E-state index contributed by atoms with van der Waals surface area (Å²) in [5, 5.41) is 7.51. The Morgan fingerprint density at radius 1 is 1.41 bits per heavy atom. The molecule has 0 aromatic carbocycles. The van der Waals surface area contributed by atoms with Crippen molar-refractivity contribution in [3.8, 4) is 0 Å². The van der Waals surface area contributed by atoms with E-state index < -0.39 is 0 Å². The lowest BCUT2D eigenvalue weighted by Crippen LogP contribution is -2.34. The zero-order valence-corrected chi connectivity index (χ0v) is 10.9. The Bertz CT molecular complexity index is 359. The highest BCUT2D eigenvalue weighted by Gasteiger charge is 2.21. The van der Waals surface area contributed by atoms with Gasteiger partial charge in [0.2, 0.25) is 0 Å². The average Bonchev–Trinajstić information content (AvgIpc) is 2.28. The molecule has 3 N–H and O–H groups in total. The van der Waals surface area contributed by atoms with Crippen molar-refractivity contribution in [1.29, 1.82) is 5.41 Å². The van der Waals surface area contributed by atoms with Crippen molar-refractivity contribution in [2.75, 3.05) is 13.6 Å². The fourth-order valence-corrected chi connectivity index (χ4v) is 1.48. The molecule has 0 aliphatic carbocycles. The van der Waals surface area contributed by atoms with Gasteiger partial charge in [-0.25, -0.2) is 0 Å². The van der Waals surface area contributed by atoms with Crippen LogP contribution >= 0.6 is 0 Å². The molecule has 1 heterocycles. The van der Waals surface area contributed by atoms with Crippen LogP contribution in [0.5, 0.6) is 0 Å². The second kappa shape index (κ2) is 5.77. The van der Waals surface area contributed by atoms with Crippen molar-refractivity contribution in [3.63, 3.8) is 0 Å². The first kappa shape index (κ1) is 13.6. The number of rotatable bonds is 6. The lowest BCUT2D eigenvalue weighted by Gasteiger charge is -2.26. The number of nitrogens with two attached hydrogens (primary N) is 1. The van der Waals surface area contributed by atoms with Gasteiger partial charge in [-0.3, -0.25) is 10.4 Å². The molecule has 0 saturated carbocycles. The number of aromatic nitrogens is 1. The molecule has 0 atom stereocenters. The van der Waals surface area contributed by atoms with Crippen LogP contribution in [0.4, 0.5) is 0 Å². The number of hydrogen-bond acceptors (Lipinski definition) is 3. The highest BCUT2D eigenvalue weighted by molar-refractivity contribution is 5.82. The van der Waals surface area contributed by atoms with E-state index in [0.717, 1.165) is 19.5 Å². The monoisotopic (exact) mass is 234 g/mol. The maximum absolute atomic E-state index is 7.51. The van der Waals surface area contributed by atoms with Crippen LogP contribution in [0.2, 0.25) is 0 Å². The minimum absolute atomic E-state index is 0.216. The molecule has 1 rings (SSSR count). The summed E-state index contributed by atoms with van der Waals surface area (Å²) in [5.41, 5.74) is 6.60. The number of nitrogens with one attached hydrogen (secondary N) is 1. The van der Waals surface area contributed by atoms with Crippen molar-refractivity contribution in [2.45, 2.75) is 26.8 Å². The Morgan fingerprint density at radius 2 is 2.00 bits per heavy atom. The van der Waals surface area contributed by atoms with E-state index in [9.17, 15) is 0 Å². The van der Waals surface area contributed by atoms with Gasteiger partial charge < -0.3 is 10.6 Å². The summed E-state index contributed by atoms with van der Waals surface area (Å²) in [4.78, 5) is 6.23. The van der Waals surface area contributed by atoms with E-state index >= 15 is 0 Å². The first-order valence-electron chi connectivity index (χ1n) is 5.84. The van der Waals surface area contributed by atoms with Crippen molar-refractivity contribution >= 4 is 5.84 Å². The van der Waals surface area contributed by atoms with E-state index in [4.69, 9.17) is 11.1 Å². The van der Waals surface area contributed by atoms with E-state index in [2.05, 4.69) is 16.9 Å². The van der Waals surface area contributed by atoms with Crippen molar-refractivity contribution < 1.29 is 0 Å². The van der Waals surface area contributed by atoms with E-state index in [1.54, 1.807) is 0 Å². The van der Waals surface area contributed by atoms with Crippen LogP contribution in [0.15, 0.2) is 24.5 Å². The SMILES string of the molecule is CN(CCC(C)(C)C(=N)N)Cc1ccncc1. The molecule has 0 aliphatic heterocycles. The third kappa shape index (κ3) is 4.53. The first-order valence-corrected chi connectivity index (χ1v) is 5.84. The van der Waals surface area contributed by atoms with Gasteiger partial charge in [-0.1, -0.05) is 13.8 Å². The summed E-state index contributed by atoms with van der Waals surface area (Å²) >= 11 is 0. The van der Waals surface area contributed by atoms with Crippen LogP contribution in [0.1, 0.15) is 25.8 Å². The van der Waals surface area contributed by atoms with E-state index in [1.165, 1.54) is 5.56 Å². The topological polar surface area (TPSA) is 66.0 Å². The van der Waals surface area contributed by atoms with E-state index in [1.807, 2.05) is 38.4 Å². The number of nitrogens with zero attached hydrogens (tertiary/aromatic N) is 2. The van der Waals surface area contributed by atoms with Crippen LogP contribution in [0, 0.1) is 10.8 Å². The minimum atomic E-state index is -0.216. The Kier molecular flexibility index (Phi) is 4.63.